The lowest BCUT2D eigenvalue weighted by atomic mass is 10.1. The molecule has 0 saturated heterocycles. The highest BCUT2D eigenvalue weighted by Crippen LogP contribution is 2.26. The van der Waals surface area contributed by atoms with Crippen molar-refractivity contribution in [3.05, 3.63) is 28.1 Å². The standard InChI is InChI=1S/C11H12N2O2S/c1-3-8-9(11(14)15-2)10(13-12-8)7-4-5-16-6-7/h4-6H,3H2,1-2H3,(H,12,13). The second kappa shape index (κ2) is 4.49. The molecule has 0 aliphatic heterocycles. The molecule has 2 aromatic rings. The molecule has 16 heavy (non-hydrogen) atoms. The fourth-order valence-electron chi connectivity index (χ4n) is 1.56. The zero-order valence-electron chi connectivity index (χ0n) is 9.11. The summed E-state index contributed by atoms with van der Waals surface area (Å²) in [5.41, 5.74) is 2.97. The summed E-state index contributed by atoms with van der Waals surface area (Å²) in [4.78, 5) is 11.7. The predicted octanol–water partition coefficient (Wildman–Crippen LogP) is 2.49. The molecule has 0 aliphatic rings. The van der Waals surface area contributed by atoms with Gasteiger partial charge in [-0.25, -0.2) is 4.79 Å². The number of hydrogen-bond donors (Lipinski definition) is 1. The predicted molar refractivity (Wildman–Crippen MR) is 62.6 cm³/mol. The maximum absolute atomic E-state index is 11.7. The van der Waals surface area contributed by atoms with E-state index in [4.69, 9.17) is 4.74 Å². The highest BCUT2D eigenvalue weighted by Gasteiger charge is 2.21. The Morgan fingerprint density at radius 1 is 1.62 bits per heavy atom. The van der Waals surface area contributed by atoms with Crippen LogP contribution in [-0.4, -0.2) is 23.3 Å². The molecular formula is C11H12N2O2S. The van der Waals surface area contributed by atoms with Gasteiger partial charge in [-0.15, -0.1) is 0 Å². The summed E-state index contributed by atoms with van der Waals surface area (Å²) in [5.74, 6) is -0.341. The first kappa shape index (κ1) is 10.9. The van der Waals surface area contributed by atoms with E-state index in [1.165, 1.54) is 7.11 Å². The van der Waals surface area contributed by atoms with Crippen LogP contribution in [0.2, 0.25) is 0 Å². The lowest BCUT2D eigenvalue weighted by Crippen LogP contribution is -2.04. The largest absolute Gasteiger partial charge is 0.465 e. The van der Waals surface area contributed by atoms with Crippen molar-refractivity contribution in [3.8, 4) is 11.3 Å². The summed E-state index contributed by atoms with van der Waals surface area (Å²) in [6.07, 6.45) is 0.724. The number of carbonyl (C=O) groups is 1. The number of carbonyl (C=O) groups excluding carboxylic acids is 1. The van der Waals surface area contributed by atoms with Gasteiger partial charge in [0.05, 0.1) is 12.8 Å². The summed E-state index contributed by atoms with van der Waals surface area (Å²) in [7, 11) is 1.38. The first-order chi connectivity index (χ1) is 7.77. The molecule has 0 fully saturated rings. The number of esters is 1. The molecule has 0 atom stereocenters. The average Bonchev–Trinajstić information content (AvgIpc) is 2.95. The molecule has 0 amide bonds. The molecule has 5 heteroatoms. The number of nitrogens with one attached hydrogen (secondary N) is 1. The lowest BCUT2D eigenvalue weighted by molar-refractivity contribution is 0.0600. The van der Waals surface area contributed by atoms with Crippen LogP contribution in [0.1, 0.15) is 23.0 Å². The Bertz CT molecular complexity index is 488. The topological polar surface area (TPSA) is 55.0 Å². The number of hydrogen-bond acceptors (Lipinski definition) is 4. The molecule has 84 valence electrons. The smallest absolute Gasteiger partial charge is 0.342 e. The first-order valence-corrected chi connectivity index (χ1v) is 5.90. The van der Waals surface area contributed by atoms with Gasteiger partial charge in [0.2, 0.25) is 0 Å². The second-order valence-corrected chi connectivity index (χ2v) is 4.06. The zero-order valence-corrected chi connectivity index (χ0v) is 9.93. The summed E-state index contributed by atoms with van der Waals surface area (Å²) < 4.78 is 4.78. The van der Waals surface area contributed by atoms with Crippen molar-refractivity contribution >= 4 is 17.3 Å². The van der Waals surface area contributed by atoms with Crippen LogP contribution in [0, 0.1) is 0 Å². The molecule has 2 rings (SSSR count). The fourth-order valence-corrected chi connectivity index (χ4v) is 2.20. The Morgan fingerprint density at radius 3 is 3.00 bits per heavy atom. The van der Waals surface area contributed by atoms with Crippen LogP contribution < -0.4 is 0 Å². The third-order valence-corrected chi connectivity index (χ3v) is 3.06. The van der Waals surface area contributed by atoms with Crippen molar-refractivity contribution in [2.45, 2.75) is 13.3 Å². The average molecular weight is 236 g/mol. The Balaban J connectivity index is 2.54. The minimum Gasteiger partial charge on any atom is -0.465 e. The molecule has 0 unspecified atom stereocenters. The van der Waals surface area contributed by atoms with Crippen molar-refractivity contribution in [1.82, 2.24) is 10.2 Å². The van der Waals surface area contributed by atoms with Crippen LogP contribution >= 0.6 is 11.3 Å². The maximum Gasteiger partial charge on any atom is 0.342 e. The number of nitrogens with zero attached hydrogens (tertiary/aromatic N) is 1. The molecule has 4 nitrogen and oxygen atoms in total. The molecule has 0 aromatic carbocycles. The summed E-state index contributed by atoms with van der Waals surface area (Å²) in [6, 6.07) is 1.94. The van der Waals surface area contributed by atoms with Gasteiger partial charge in [-0.3, -0.25) is 5.10 Å². The molecule has 0 aliphatic carbocycles. The normalized spacial score (nSPS) is 10.4. The van der Waals surface area contributed by atoms with Crippen molar-refractivity contribution in [2.75, 3.05) is 7.11 Å². The highest BCUT2D eigenvalue weighted by molar-refractivity contribution is 7.08. The summed E-state index contributed by atoms with van der Waals surface area (Å²) >= 11 is 1.57. The molecule has 2 aromatic heterocycles. The van der Waals surface area contributed by atoms with E-state index in [9.17, 15) is 4.79 Å². The lowest BCUT2D eigenvalue weighted by Gasteiger charge is -2.00. The third-order valence-electron chi connectivity index (χ3n) is 2.38. The zero-order chi connectivity index (χ0) is 11.5. The molecule has 1 N–H and O–H groups in total. The SMILES string of the molecule is CCc1[nH]nc(-c2ccsc2)c1C(=O)OC. The van der Waals surface area contributed by atoms with Crippen LogP contribution in [-0.2, 0) is 11.2 Å². The molecule has 0 saturated carbocycles. The van der Waals surface area contributed by atoms with E-state index in [1.807, 2.05) is 23.8 Å². The Kier molecular flexibility index (Phi) is 3.05. The van der Waals surface area contributed by atoms with Gasteiger partial charge >= 0.3 is 5.97 Å². The number of ether oxygens (including phenoxy) is 1. The molecule has 0 spiro atoms. The van der Waals surface area contributed by atoms with E-state index in [-0.39, 0.29) is 5.97 Å². The Morgan fingerprint density at radius 2 is 2.44 bits per heavy atom. The van der Waals surface area contributed by atoms with Gasteiger partial charge < -0.3 is 4.74 Å². The number of aromatic amines is 1. The maximum atomic E-state index is 11.7. The number of thiophene rings is 1. The van der Waals surface area contributed by atoms with E-state index in [2.05, 4.69) is 10.2 Å². The van der Waals surface area contributed by atoms with E-state index in [0.717, 1.165) is 17.7 Å². The molecular weight excluding hydrogens is 224 g/mol. The number of rotatable bonds is 3. The minimum atomic E-state index is -0.341. The quantitative estimate of drug-likeness (QED) is 0.833. The molecule has 0 bridgehead atoms. The highest BCUT2D eigenvalue weighted by atomic mass is 32.1. The molecule has 2 heterocycles. The summed E-state index contributed by atoms with van der Waals surface area (Å²) in [6.45, 7) is 1.97. The summed E-state index contributed by atoms with van der Waals surface area (Å²) in [5, 5.41) is 11.0. The first-order valence-electron chi connectivity index (χ1n) is 4.96. The van der Waals surface area contributed by atoms with Crippen LogP contribution in [0.15, 0.2) is 16.8 Å². The van der Waals surface area contributed by atoms with Gasteiger partial charge in [-0.1, -0.05) is 6.92 Å². The Hall–Kier alpha value is -1.62. The van der Waals surface area contributed by atoms with Gasteiger partial charge in [0, 0.05) is 10.9 Å². The van der Waals surface area contributed by atoms with Crippen molar-refractivity contribution in [3.63, 3.8) is 0 Å². The fraction of sp³-hybridized carbons (Fsp3) is 0.273. The second-order valence-electron chi connectivity index (χ2n) is 3.28. The Labute approximate surface area is 97.3 Å². The van der Waals surface area contributed by atoms with Crippen LogP contribution in [0.3, 0.4) is 0 Å². The number of methoxy groups -OCH3 is 1. The van der Waals surface area contributed by atoms with Crippen LogP contribution in [0.25, 0.3) is 11.3 Å². The van der Waals surface area contributed by atoms with Crippen LogP contribution in [0.5, 0.6) is 0 Å². The van der Waals surface area contributed by atoms with E-state index >= 15 is 0 Å². The molecule has 0 radical (unpaired) electrons. The number of aryl methyl sites for hydroxylation is 1. The van der Waals surface area contributed by atoms with E-state index in [1.54, 1.807) is 11.3 Å². The monoisotopic (exact) mass is 236 g/mol. The minimum absolute atomic E-state index is 0.341. The number of aromatic nitrogens is 2. The van der Waals surface area contributed by atoms with Gasteiger partial charge in [0.1, 0.15) is 11.3 Å². The van der Waals surface area contributed by atoms with Gasteiger partial charge in [0.25, 0.3) is 0 Å². The van der Waals surface area contributed by atoms with Gasteiger partial charge in [-0.05, 0) is 17.9 Å². The van der Waals surface area contributed by atoms with E-state index in [0.29, 0.717) is 11.3 Å². The van der Waals surface area contributed by atoms with Crippen molar-refractivity contribution in [2.24, 2.45) is 0 Å². The van der Waals surface area contributed by atoms with E-state index < -0.39 is 0 Å². The third kappa shape index (κ3) is 1.74. The number of H-pyrrole nitrogens is 1. The van der Waals surface area contributed by atoms with Crippen molar-refractivity contribution in [1.29, 1.82) is 0 Å². The van der Waals surface area contributed by atoms with Gasteiger partial charge in [-0.2, -0.15) is 16.4 Å². The van der Waals surface area contributed by atoms with Gasteiger partial charge in [0.15, 0.2) is 0 Å². The van der Waals surface area contributed by atoms with Crippen LogP contribution in [0.4, 0.5) is 0 Å². The van der Waals surface area contributed by atoms with Crippen molar-refractivity contribution < 1.29 is 9.53 Å².